The predicted octanol–water partition coefficient (Wildman–Crippen LogP) is 7.01. The van der Waals surface area contributed by atoms with Crippen molar-refractivity contribution < 1.29 is 18.6 Å². The van der Waals surface area contributed by atoms with E-state index in [0.717, 1.165) is 25.7 Å². The molecule has 0 spiro atoms. The van der Waals surface area contributed by atoms with Crippen molar-refractivity contribution in [2.45, 2.75) is 134 Å². The molecule has 1 aromatic carbocycles. The molecule has 0 bridgehead atoms. The highest BCUT2D eigenvalue weighted by Crippen LogP contribution is 2.44. The number of hydrogen-bond donors (Lipinski definition) is 1. The average Bonchev–Trinajstić information content (AvgIpc) is 3.14. The lowest BCUT2D eigenvalue weighted by Crippen LogP contribution is -2.57. The van der Waals surface area contributed by atoms with Crippen LogP contribution in [0.3, 0.4) is 0 Å². The third-order valence-corrected chi connectivity index (χ3v) is 18.5. The number of anilines is 1. The standard InChI is InChI=1S/C29H51N3O5Si2/c1-28(2,3)38(7,8)36-24-20-31(22-18-14-15-19-23(22)32(34)35)25(26(24)37-39(9,10)29(4,5)6)27(33)30-21-16-12-11-13-17-21/h14-15,18-19,21,24-26H,11-13,16-17,20H2,1-10H3,(H,30,33). The zero-order valence-electron chi connectivity index (χ0n) is 25.8. The number of nitrogens with one attached hydrogen (secondary N) is 1. The van der Waals surface area contributed by atoms with Crippen LogP contribution in [-0.2, 0) is 13.6 Å². The smallest absolute Gasteiger partial charge is 0.292 e. The Morgan fingerprint density at radius 3 is 2.03 bits per heavy atom. The number of rotatable bonds is 8. The first-order chi connectivity index (χ1) is 17.9. The van der Waals surface area contributed by atoms with Crippen molar-refractivity contribution in [3.8, 4) is 0 Å². The summed E-state index contributed by atoms with van der Waals surface area (Å²) in [6.07, 6.45) is 4.39. The molecule has 1 amide bonds. The Kier molecular flexibility index (Phi) is 9.46. The van der Waals surface area contributed by atoms with Crippen LogP contribution in [0.1, 0.15) is 73.6 Å². The lowest BCUT2D eigenvalue weighted by atomic mass is 9.95. The van der Waals surface area contributed by atoms with E-state index < -0.39 is 28.8 Å². The summed E-state index contributed by atoms with van der Waals surface area (Å²) in [4.78, 5) is 27.8. The minimum atomic E-state index is -2.34. The number of para-hydroxylation sites is 2. The maximum Gasteiger partial charge on any atom is 0.292 e. The summed E-state index contributed by atoms with van der Waals surface area (Å²) >= 11 is 0. The van der Waals surface area contributed by atoms with E-state index in [4.69, 9.17) is 8.85 Å². The summed E-state index contributed by atoms with van der Waals surface area (Å²) < 4.78 is 14.1. The predicted molar refractivity (Wildman–Crippen MR) is 163 cm³/mol. The maximum atomic E-state index is 14.2. The van der Waals surface area contributed by atoms with Crippen LogP contribution in [0.15, 0.2) is 24.3 Å². The van der Waals surface area contributed by atoms with Crippen LogP contribution in [-0.4, -0.2) is 58.3 Å². The van der Waals surface area contributed by atoms with Crippen LogP contribution in [0.5, 0.6) is 0 Å². The van der Waals surface area contributed by atoms with Gasteiger partial charge in [0.2, 0.25) is 5.91 Å². The number of carbonyl (C=O) groups excluding carboxylic acids is 1. The monoisotopic (exact) mass is 577 g/mol. The first-order valence-corrected chi connectivity index (χ1v) is 20.3. The summed E-state index contributed by atoms with van der Waals surface area (Å²) in [5.41, 5.74) is 0.434. The molecular weight excluding hydrogens is 527 g/mol. The molecule has 220 valence electrons. The van der Waals surface area contributed by atoms with E-state index in [1.54, 1.807) is 18.2 Å². The van der Waals surface area contributed by atoms with Crippen LogP contribution in [0.4, 0.5) is 11.4 Å². The van der Waals surface area contributed by atoms with Crippen molar-refractivity contribution in [3.63, 3.8) is 0 Å². The molecule has 10 heteroatoms. The summed E-state index contributed by atoms with van der Waals surface area (Å²) in [6.45, 7) is 22.3. The van der Waals surface area contributed by atoms with Crippen molar-refractivity contribution in [2.24, 2.45) is 0 Å². The number of hydrogen-bond acceptors (Lipinski definition) is 6. The fraction of sp³-hybridized carbons (Fsp3) is 0.759. The largest absolute Gasteiger partial charge is 0.409 e. The summed E-state index contributed by atoms with van der Waals surface area (Å²) in [5, 5.41) is 15.3. The van der Waals surface area contributed by atoms with Gasteiger partial charge in [-0.25, -0.2) is 0 Å². The van der Waals surface area contributed by atoms with E-state index in [9.17, 15) is 14.9 Å². The van der Waals surface area contributed by atoms with E-state index in [-0.39, 0.29) is 38.7 Å². The maximum absolute atomic E-state index is 14.2. The normalized spacial score (nSPS) is 23.6. The van der Waals surface area contributed by atoms with Gasteiger partial charge in [-0.2, -0.15) is 0 Å². The number of nitro benzene ring substituents is 1. The molecule has 1 N–H and O–H groups in total. The van der Waals surface area contributed by atoms with Gasteiger partial charge >= 0.3 is 0 Å². The molecule has 1 aliphatic heterocycles. The van der Waals surface area contributed by atoms with Gasteiger partial charge in [0.15, 0.2) is 16.6 Å². The number of nitrogens with zero attached hydrogens (tertiary/aromatic N) is 2. The number of benzene rings is 1. The van der Waals surface area contributed by atoms with Gasteiger partial charge in [0.25, 0.3) is 5.69 Å². The highest BCUT2D eigenvalue weighted by Gasteiger charge is 2.54. The van der Waals surface area contributed by atoms with E-state index >= 15 is 0 Å². The SMILES string of the molecule is CC(C)(C)[Si](C)(C)OC1CN(c2ccccc2[N+](=O)[O-])C(C(=O)NC2CCCCC2)C1O[Si](C)(C)C(C)(C)C. The fourth-order valence-corrected chi connectivity index (χ4v) is 7.68. The van der Waals surface area contributed by atoms with E-state index in [0.29, 0.717) is 12.2 Å². The molecule has 2 fully saturated rings. The Labute approximate surface area is 237 Å². The molecular formula is C29H51N3O5Si2. The minimum Gasteiger partial charge on any atom is -0.409 e. The molecule has 1 saturated carbocycles. The van der Waals surface area contributed by atoms with Crippen LogP contribution in [0.25, 0.3) is 0 Å². The topological polar surface area (TPSA) is 93.9 Å². The second-order valence-corrected chi connectivity index (χ2v) is 24.0. The number of amides is 1. The Morgan fingerprint density at radius 1 is 0.949 bits per heavy atom. The fourth-order valence-electron chi connectivity index (χ4n) is 5.04. The van der Waals surface area contributed by atoms with Crippen molar-refractivity contribution in [2.75, 3.05) is 11.4 Å². The Morgan fingerprint density at radius 2 is 1.49 bits per heavy atom. The van der Waals surface area contributed by atoms with Crippen LogP contribution in [0, 0.1) is 10.1 Å². The van der Waals surface area contributed by atoms with Gasteiger partial charge in [0, 0.05) is 18.7 Å². The summed E-state index contributed by atoms with van der Waals surface area (Å²) in [6, 6.07) is 6.12. The number of carbonyl (C=O) groups is 1. The van der Waals surface area contributed by atoms with Crippen molar-refractivity contribution in [1.82, 2.24) is 5.32 Å². The summed E-state index contributed by atoms with van der Waals surface area (Å²) in [5.74, 6) is -0.120. The van der Waals surface area contributed by atoms with Crippen molar-refractivity contribution in [1.29, 1.82) is 0 Å². The third kappa shape index (κ3) is 7.12. The van der Waals surface area contributed by atoms with Gasteiger partial charge in [-0.15, -0.1) is 0 Å². The van der Waals surface area contributed by atoms with Crippen LogP contribution >= 0.6 is 0 Å². The zero-order chi connectivity index (χ0) is 29.4. The summed E-state index contributed by atoms with van der Waals surface area (Å²) in [7, 11) is -4.61. The lowest BCUT2D eigenvalue weighted by Gasteiger charge is -2.43. The molecule has 1 aliphatic carbocycles. The van der Waals surface area contributed by atoms with Crippen molar-refractivity contribution in [3.05, 3.63) is 34.4 Å². The van der Waals surface area contributed by atoms with E-state index in [1.165, 1.54) is 12.5 Å². The van der Waals surface area contributed by atoms with E-state index in [1.807, 2.05) is 4.90 Å². The second-order valence-electron chi connectivity index (χ2n) is 14.4. The lowest BCUT2D eigenvalue weighted by molar-refractivity contribution is -0.384. The Bertz CT molecular complexity index is 1030. The minimum absolute atomic E-state index is 0.00739. The van der Waals surface area contributed by atoms with Crippen LogP contribution < -0.4 is 10.2 Å². The Hall–Kier alpha value is -1.76. The van der Waals surface area contributed by atoms with Gasteiger partial charge in [-0.3, -0.25) is 14.9 Å². The molecule has 3 atom stereocenters. The third-order valence-electron chi connectivity index (χ3n) is 9.49. The molecule has 0 radical (unpaired) electrons. The first kappa shape index (κ1) is 31.8. The molecule has 3 rings (SSSR count). The molecule has 3 unspecified atom stereocenters. The molecule has 39 heavy (non-hydrogen) atoms. The number of nitro groups is 1. The van der Waals surface area contributed by atoms with Crippen LogP contribution in [0.2, 0.25) is 36.3 Å². The molecule has 0 aromatic heterocycles. The first-order valence-electron chi connectivity index (χ1n) is 14.5. The molecule has 1 aromatic rings. The second kappa shape index (κ2) is 11.6. The highest BCUT2D eigenvalue weighted by atomic mass is 28.4. The van der Waals surface area contributed by atoms with Gasteiger partial charge < -0.3 is 19.1 Å². The molecule has 1 saturated heterocycles. The molecule has 8 nitrogen and oxygen atoms in total. The highest BCUT2D eigenvalue weighted by molar-refractivity contribution is 6.74. The Balaban J connectivity index is 2.12. The van der Waals surface area contributed by atoms with Crippen molar-refractivity contribution >= 4 is 33.9 Å². The molecule has 2 aliphatic rings. The van der Waals surface area contributed by atoms with E-state index in [2.05, 4.69) is 73.0 Å². The zero-order valence-corrected chi connectivity index (χ0v) is 27.8. The quantitative estimate of drug-likeness (QED) is 0.203. The average molecular weight is 578 g/mol. The van der Waals surface area contributed by atoms with Gasteiger partial charge in [-0.1, -0.05) is 72.9 Å². The van der Waals surface area contributed by atoms with Gasteiger partial charge in [0.05, 0.1) is 11.0 Å². The van der Waals surface area contributed by atoms with Gasteiger partial charge in [-0.05, 0) is 55.2 Å². The molecule has 1 heterocycles. The van der Waals surface area contributed by atoms with Gasteiger partial charge in [0.1, 0.15) is 17.8 Å².